The summed E-state index contributed by atoms with van der Waals surface area (Å²) in [5.74, 6) is -0.234. The summed E-state index contributed by atoms with van der Waals surface area (Å²) in [6, 6.07) is 0.225. The van der Waals surface area contributed by atoms with Crippen LogP contribution in [0.4, 0.5) is 0 Å². The van der Waals surface area contributed by atoms with Crippen molar-refractivity contribution >= 4 is 5.97 Å². The number of nitrogens with zero attached hydrogens (tertiary/aromatic N) is 1. The number of aliphatic carboxylic acids is 1. The molecular weight excluding hydrogens is 180 g/mol. The topological polar surface area (TPSA) is 66.6 Å². The second-order valence-electron chi connectivity index (χ2n) is 4.15. The van der Waals surface area contributed by atoms with Crippen LogP contribution in [-0.2, 0) is 4.79 Å². The lowest BCUT2D eigenvalue weighted by atomic mass is 9.91. The minimum Gasteiger partial charge on any atom is -0.481 e. The summed E-state index contributed by atoms with van der Waals surface area (Å²) in [6.07, 6.45) is 2.01. The van der Waals surface area contributed by atoms with Crippen molar-refractivity contribution in [3.63, 3.8) is 0 Å². The van der Waals surface area contributed by atoms with Crippen LogP contribution in [0, 0.1) is 5.92 Å². The molecule has 0 aromatic heterocycles. The fourth-order valence-corrected chi connectivity index (χ4v) is 2.14. The van der Waals surface area contributed by atoms with Gasteiger partial charge in [-0.2, -0.15) is 0 Å². The van der Waals surface area contributed by atoms with Crippen LogP contribution >= 0.6 is 0 Å². The van der Waals surface area contributed by atoms with Crippen molar-refractivity contribution in [2.45, 2.75) is 32.2 Å². The van der Waals surface area contributed by atoms with Crippen molar-refractivity contribution < 1.29 is 9.90 Å². The predicted molar refractivity (Wildman–Crippen MR) is 55.1 cm³/mol. The number of likely N-dealkylation sites (N-methyl/N-ethyl adjacent to an activating group) is 1. The van der Waals surface area contributed by atoms with E-state index in [9.17, 15) is 4.79 Å². The quantitative estimate of drug-likeness (QED) is 0.694. The zero-order valence-electron chi connectivity index (χ0n) is 8.78. The highest BCUT2D eigenvalue weighted by molar-refractivity contribution is 5.66. The summed E-state index contributed by atoms with van der Waals surface area (Å²) in [5, 5.41) is 8.59. The molecule has 1 heterocycles. The van der Waals surface area contributed by atoms with E-state index in [2.05, 4.69) is 11.8 Å². The molecule has 1 rings (SSSR count). The Morgan fingerprint density at radius 3 is 2.86 bits per heavy atom. The highest BCUT2D eigenvalue weighted by atomic mass is 16.4. The Bertz CT molecular complexity index is 197. The summed E-state index contributed by atoms with van der Waals surface area (Å²) < 4.78 is 0. The summed E-state index contributed by atoms with van der Waals surface area (Å²) in [5.41, 5.74) is 5.91. The van der Waals surface area contributed by atoms with Crippen molar-refractivity contribution in [3.8, 4) is 0 Å². The van der Waals surface area contributed by atoms with Crippen molar-refractivity contribution in [2.24, 2.45) is 11.7 Å². The van der Waals surface area contributed by atoms with Gasteiger partial charge in [-0.3, -0.25) is 4.79 Å². The van der Waals surface area contributed by atoms with Gasteiger partial charge in [-0.25, -0.2) is 0 Å². The number of piperidine rings is 1. The van der Waals surface area contributed by atoms with Crippen LogP contribution in [0.5, 0.6) is 0 Å². The number of hydrogen-bond acceptors (Lipinski definition) is 3. The Morgan fingerprint density at radius 1 is 1.57 bits per heavy atom. The molecule has 14 heavy (non-hydrogen) atoms. The van der Waals surface area contributed by atoms with Crippen molar-refractivity contribution in [1.82, 2.24) is 4.90 Å². The van der Waals surface area contributed by atoms with Crippen LogP contribution in [0.15, 0.2) is 0 Å². The average molecular weight is 200 g/mol. The number of carboxylic acids is 1. The third kappa shape index (κ3) is 3.64. The second kappa shape index (κ2) is 5.32. The highest BCUT2D eigenvalue weighted by Crippen LogP contribution is 2.20. The van der Waals surface area contributed by atoms with E-state index in [-0.39, 0.29) is 12.5 Å². The van der Waals surface area contributed by atoms with Crippen molar-refractivity contribution in [1.29, 1.82) is 0 Å². The van der Waals surface area contributed by atoms with Crippen LogP contribution in [0.2, 0.25) is 0 Å². The van der Waals surface area contributed by atoms with Gasteiger partial charge in [-0.1, -0.05) is 6.92 Å². The molecular formula is C10H20N2O2. The van der Waals surface area contributed by atoms with Gasteiger partial charge in [0.1, 0.15) is 0 Å². The monoisotopic (exact) mass is 200 g/mol. The van der Waals surface area contributed by atoms with E-state index >= 15 is 0 Å². The minimum atomic E-state index is -0.702. The molecule has 82 valence electrons. The molecule has 1 aliphatic rings. The molecule has 0 spiro atoms. The fourth-order valence-electron chi connectivity index (χ4n) is 2.14. The normalized spacial score (nSPS) is 29.0. The SMILES string of the molecule is CCN1CC(N)CC(CCC(=O)O)C1. The molecule has 2 atom stereocenters. The lowest BCUT2D eigenvalue weighted by Gasteiger charge is -2.35. The molecule has 0 amide bonds. The third-order valence-corrected chi connectivity index (χ3v) is 2.86. The molecule has 0 bridgehead atoms. The molecule has 0 saturated carbocycles. The molecule has 4 heteroatoms. The van der Waals surface area contributed by atoms with Gasteiger partial charge in [0.05, 0.1) is 0 Å². The first kappa shape index (κ1) is 11.5. The predicted octanol–water partition coefficient (Wildman–Crippen LogP) is 0.520. The van der Waals surface area contributed by atoms with Gasteiger partial charge < -0.3 is 15.7 Å². The summed E-state index contributed by atoms with van der Waals surface area (Å²) in [7, 11) is 0. The van der Waals surface area contributed by atoms with Crippen LogP contribution in [0.3, 0.4) is 0 Å². The van der Waals surface area contributed by atoms with Gasteiger partial charge in [-0.15, -0.1) is 0 Å². The summed E-state index contributed by atoms with van der Waals surface area (Å²) in [6.45, 7) is 5.10. The van der Waals surface area contributed by atoms with Crippen LogP contribution in [-0.4, -0.2) is 41.7 Å². The number of rotatable bonds is 4. The minimum absolute atomic E-state index is 0.225. The third-order valence-electron chi connectivity index (χ3n) is 2.86. The van der Waals surface area contributed by atoms with Crippen LogP contribution < -0.4 is 5.73 Å². The average Bonchev–Trinajstić information content (AvgIpc) is 2.14. The molecule has 1 aliphatic heterocycles. The van der Waals surface area contributed by atoms with E-state index in [1.54, 1.807) is 0 Å². The first-order valence-electron chi connectivity index (χ1n) is 5.31. The van der Waals surface area contributed by atoms with Gasteiger partial charge in [0.25, 0.3) is 0 Å². The van der Waals surface area contributed by atoms with E-state index in [1.165, 1.54) is 0 Å². The number of likely N-dealkylation sites (tertiary alicyclic amines) is 1. The number of carbonyl (C=O) groups is 1. The van der Waals surface area contributed by atoms with E-state index < -0.39 is 5.97 Å². The molecule has 4 nitrogen and oxygen atoms in total. The van der Waals surface area contributed by atoms with Gasteiger partial charge in [0, 0.05) is 25.6 Å². The Labute approximate surface area is 85.1 Å². The first-order chi connectivity index (χ1) is 6.61. The highest BCUT2D eigenvalue weighted by Gasteiger charge is 2.24. The van der Waals surface area contributed by atoms with Gasteiger partial charge >= 0.3 is 5.97 Å². The molecule has 0 aromatic carbocycles. The van der Waals surface area contributed by atoms with Crippen molar-refractivity contribution in [3.05, 3.63) is 0 Å². The molecule has 2 unspecified atom stereocenters. The van der Waals surface area contributed by atoms with E-state index in [1.807, 2.05) is 0 Å². The molecule has 1 fully saturated rings. The maximum Gasteiger partial charge on any atom is 0.303 e. The summed E-state index contributed by atoms with van der Waals surface area (Å²) >= 11 is 0. The lowest BCUT2D eigenvalue weighted by Crippen LogP contribution is -2.46. The van der Waals surface area contributed by atoms with E-state index in [0.717, 1.165) is 32.5 Å². The largest absolute Gasteiger partial charge is 0.481 e. The Balaban J connectivity index is 2.33. The van der Waals surface area contributed by atoms with Crippen LogP contribution in [0.25, 0.3) is 0 Å². The standard InChI is InChI=1S/C10H20N2O2/c1-2-12-6-8(3-4-10(13)14)5-9(11)7-12/h8-9H,2-7,11H2,1H3,(H,13,14). The van der Waals surface area contributed by atoms with Gasteiger partial charge in [-0.05, 0) is 25.3 Å². The van der Waals surface area contributed by atoms with Crippen molar-refractivity contribution in [2.75, 3.05) is 19.6 Å². The fraction of sp³-hybridized carbons (Fsp3) is 0.900. The second-order valence-corrected chi connectivity index (χ2v) is 4.15. The maximum atomic E-state index is 10.4. The molecule has 3 N–H and O–H groups in total. The maximum absolute atomic E-state index is 10.4. The Hall–Kier alpha value is -0.610. The smallest absolute Gasteiger partial charge is 0.303 e. The zero-order valence-corrected chi connectivity index (χ0v) is 8.78. The number of carboxylic acid groups (broad SMARTS) is 1. The van der Waals surface area contributed by atoms with Gasteiger partial charge in [0.2, 0.25) is 0 Å². The molecule has 0 aromatic rings. The molecule has 0 aliphatic carbocycles. The Morgan fingerprint density at radius 2 is 2.29 bits per heavy atom. The van der Waals surface area contributed by atoms with Gasteiger partial charge in [0.15, 0.2) is 0 Å². The zero-order chi connectivity index (χ0) is 10.6. The number of hydrogen-bond donors (Lipinski definition) is 2. The number of nitrogens with two attached hydrogens (primary N) is 1. The first-order valence-corrected chi connectivity index (χ1v) is 5.31. The lowest BCUT2D eigenvalue weighted by molar-refractivity contribution is -0.137. The van der Waals surface area contributed by atoms with Crippen LogP contribution in [0.1, 0.15) is 26.2 Å². The van der Waals surface area contributed by atoms with E-state index in [4.69, 9.17) is 10.8 Å². The summed E-state index contributed by atoms with van der Waals surface area (Å²) in [4.78, 5) is 12.7. The van der Waals surface area contributed by atoms with E-state index in [0.29, 0.717) is 5.92 Å². The molecule has 1 saturated heterocycles. The molecule has 0 radical (unpaired) electrons. The Kier molecular flexibility index (Phi) is 4.35.